The van der Waals surface area contributed by atoms with E-state index < -0.39 is 35.7 Å². The molecule has 0 aromatic rings. The van der Waals surface area contributed by atoms with Crippen molar-refractivity contribution in [3.63, 3.8) is 0 Å². The number of carboxylic acid groups (broad SMARTS) is 1. The number of halogens is 1. The van der Waals surface area contributed by atoms with E-state index in [2.05, 4.69) is 0 Å². The summed E-state index contributed by atoms with van der Waals surface area (Å²) >= 11 is 0. The number of alkyl halides is 1. The van der Waals surface area contributed by atoms with Gasteiger partial charge in [0.25, 0.3) is 0 Å². The number of aliphatic hydroxyl groups excluding tert-OH is 2. The van der Waals surface area contributed by atoms with Gasteiger partial charge in [0.05, 0.1) is 5.57 Å². The van der Waals surface area contributed by atoms with Gasteiger partial charge in [0, 0.05) is 0 Å². The fourth-order valence-corrected chi connectivity index (χ4v) is 1.01. The van der Waals surface area contributed by atoms with Gasteiger partial charge in [0.1, 0.15) is 12.2 Å². The molecule has 0 fully saturated rings. The molecule has 0 unspecified atom stereocenters. The lowest BCUT2D eigenvalue weighted by atomic mass is 9.92. The fraction of sp³-hybridized carbons (Fsp3) is 0.429. The van der Waals surface area contributed by atoms with Gasteiger partial charge in [-0.05, 0) is 6.08 Å². The van der Waals surface area contributed by atoms with Gasteiger partial charge in [0.15, 0.2) is 12.0 Å². The normalized spacial score (nSPS) is 34.2. The maximum absolute atomic E-state index is 12.9. The van der Waals surface area contributed by atoms with Crippen LogP contribution in [0.2, 0.25) is 0 Å². The molecule has 3 N–H and O–H groups in total. The number of hydrogen-bond acceptors (Lipinski definition) is 4. The summed E-state index contributed by atoms with van der Waals surface area (Å²) in [7, 11) is 0. The number of rotatable bonds is 1. The predicted octanol–water partition coefficient (Wildman–Crippen LogP) is -1.36. The van der Waals surface area contributed by atoms with E-state index in [-0.39, 0.29) is 0 Å². The summed E-state index contributed by atoms with van der Waals surface area (Å²) in [6, 6.07) is 0. The van der Waals surface area contributed by atoms with Crippen molar-refractivity contribution < 1.29 is 29.3 Å². The van der Waals surface area contributed by atoms with Crippen LogP contribution in [0.1, 0.15) is 0 Å². The van der Waals surface area contributed by atoms with Crippen molar-refractivity contribution in [2.45, 2.75) is 18.4 Å². The molecular weight excluding hydrogens is 183 g/mol. The molecule has 0 saturated carbocycles. The molecule has 6 heteroatoms. The van der Waals surface area contributed by atoms with E-state index in [0.29, 0.717) is 6.08 Å². The number of carbonyl (C=O) groups is 2. The summed E-state index contributed by atoms with van der Waals surface area (Å²) in [6.07, 6.45) is -5.61. The summed E-state index contributed by atoms with van der Waals surface area (Å²) in [6.45, 7) is 0. The van der Waals surface area contributed by atoms with Crippen LogP contribution in [0.25, 0.3) is 0 Å². The van der Waals surface area contributed by atoms with Crippen LogP contribution in [0.3, 0.4) is 0 Å². The Bertz CT molecular complexity index is 285. The number of aliphatic hydroxyl groups is 2. The minimum absolute atomic E-state index is 0.490. The molecule has 72 valence electrons. The van der Waals surface area contributed by atoms with Crippen LogP contribution >= 0.6 is 0 Å². The number of ketones is 1. The third kappa shape index (κ3) is 1.58. The van der Waals surface area contributed by atoms with Gasteiger partial charge >= 0.3 is 5.97 Å². The Morgan fingerprint density at radius 3 is 2.46 bits per heavy atom. The third-order valence-corrected chi connectivity index (χ3v) is 1.76. The summed E-state index contributed by atoms with van der Waals surface area (Å²) in [5.41, 5.74) is -0.831. The van der Waals surface area contributed by atoms with Crippen LogP contribution in [0, 0.1) is 0 Å². The minimum atomic E-state index is -2.23. The van der Waals surface area contributed by atoms with Crippen LogP contribution in [0.15, 0.2) is 11.6 Å². The lowest BCUT2D eigenvalue weighted by Gasteiger charge is -2.24. The molecule has 1 rings (SSSR count). The maximum atomic E-state index is 12.9. The predicted molar refractivity (Wildman–Crippen MR) is 37.6 cm³/mol. The summed E-state index contributed by atoms with van der Waals surface area (Å²) in [5, 5.41) is 26.1. The highest BCUT2D eigenvalue weighted by Gasteiger charge is 2.40. The Balaban J connectivity index is 3.04. The van der Waals surface area contributed by atoms with Gasteiger partial charge < -0.3 is 15.3 Å². The van der Waals surface area contributed by atoms with E-state index in [1.807, 2.05) is 0 Å². The number of hydrogen-bond donors (Lipinski definition) is 3. The van der Waals surface area contributed by atoms with Crippen LogP contribution in [0.5, 0.6) is 0 Å². The van der Waals surface area contributed by atoms with E-state index in [9.17, 15) is 14.0 Å². The van der Waals surface area contributed by atoms with Crippen molar-refractivity contribution in [1.82, 2.24) is 0 Å². The molecule has 0 radical (unpaired) electrons. The summed E-state index contributed by atoms with van der Waals surface area (Å²) in [4.78, 5) is 21.1. The SMILES string of the molecule is O=C(O)C1=CC(=O)[C@@H](O)[C@H](O)[C@H]1F. The van der Waals surface area contributed by atoms with E-state index >= 15 is 0 Å². The second-order valence-electron chi connectivity index (χ2n) is 2.64. The van der Waals surface area contributed by atoms with Gasteiger partial charge in [-0.15, -0.1) is 0 Å². The smallest absolute Gasteiger partial charge is 0.334 e. The first-order valence-corrected chi connectivity index (χ1v) is 3.44. The van der Waals surface area contributed by atoms with Crippen LogP contribution in [-0.2, 0) is 9.59 Å². The molecule has 0 bridgehead atoms. The third-order valence-electron chi connectivity index (χ3n) is 1.76. The topological polar surface area (TPSA) is 94.8 Å². The van der Waals surface area contributed by atoms with Gasteiger partial charge in [-0.25, -0.2) is 9.18 Å². The number of carbonyl (C=O) groups excluding carboxylic acids is 1. The van der Waals surface area contributed by atoms with Crippen LogP contribution < -0.4 is 0 Å². The molecule has 0 spiro atoms. The molecule has 0 aromatic carbocycles. The first-order chi connectivity index (χ1) is 5.95. The molecule has 1 aliphatic rings. The second-order valence-corrected chi connectivity index (χ2v) is 2.64. The average molecular weight is 190 g/mol. The molecule has 13 heavy (non-hydrogen) atoms. The van der Waals surface area contributed by atoms with E-state index in [0.717, 1.165) is 0 Å². The Labute approximate surface area is 72.1 Å². The molecule has 0 aromatic heterocycles. The fourth-order valence-electron chi connectivity index (χ4n) is 1.01. The second kappa shape index (κ2) is 3.23. The first kappa shape index (κ1) is 9.82. The Hall–Kier alpha value is -1.27. The molecular formula is C7H7FO5. The molecule has 0 amide bonds. The average Bonchev–Trinajstić information content (AvgIpc) is 2.07. The van der Waals surface area contributed by atoms with Crippen LogP contribution in [-0.4, -0.2) is 45.5 Å². The van der Waals surface area contributed by atoms with E-state index in [1.54, 1.807) is 0 Å². The standard InChI is InChI=1S/C7H7FO5/c8-4-2(7(12)13)1-3(9)5(10)6(4)11/h1,4-6,10-11H,(H,12,13)/t4-,5+,6+/m0/s1. The Morgan fingerprint density at radius 1 is 1.46 bits per heavy atom. The monoisotopic (exact) mass is 190 g/mol. The molecule has 0 aliphatic heterocycles. The summed E-state index contributed by atoms with van der Waals surface area (Å²) in [5.74, 6) is -2.62. The number of carboxylic acids is 1. The zero-order chi connectivity index (χ0) is 10.2. The minimum Gasteiger partial charge on any atom is -0.478 e. The lowest BCUT2D eigenvalue weighted by molar-refractivity contribution is -0.139. The highest BCUT2D eigenvalue weighted by Crippen LogP contribution is 2.20. The van der Waals surface area contributed by atoms with Gasteiger partial charge in [-0.3, -0.25) is 4.79 Å². The maximum Gasteiger partial charge on any atom is 0.334 e. The highest BCUT2D eigenvalue weighted by atomic mass is 19.1. The zero-order valence-electron chi connectivity index (χ0n) is 6.35. The largest absolute Gasteiger partial charge is 0.478 e. The lowest BCUT2D eigenvalue weighted by Crippen LogP contribution is -2.45. The van der Waals surface area contributed by atoms with E-state index in [1.165, 1.54) is 0 Å². The van der Waals surface area contributed by atoms with Crippen molar-refractivity contribution >= 4 is 11.8 Å². The summed E-state index contributed by atoms with van der Waals surface area (Å²) < 4.78 is 12.9. The molecule has 3 atom stereocenters. The van der Waals surface area contributed by atoms with Crippen LogP contribution in [0.4, 0.5) is 4.39 Å². The molecule has 0 heterocycles. The van der Waals surface area contributed by atoms with Crippen molar-refractivity contribution in [3.8, 4) is 0 Å². The number of aliphatic carboxylic acids is 1. The van der Waals surface area contributed by atoms with E-state index in [4.69, 9.17) is 15.3 Å². The van der Waals surface area contributed by atoms with Crippen molar-refractivity contribution in [1.29, 1.82) is 0 Å². The molecule has 5 nitrogen and oxygen atoms in total. The molecule has 0 saturated heterocycles. The van der Waals surface area contributed by atoms with Crippen molar-refractivity contribution in [2.24, 2.45) is 0 Å². The van der Waals surface area contributed by atoms with Crippen molar-refractivity contribution in [3.05, 3.63) is 11.6 Å². The zero-order valence-corrected chi connectivity index (χ0v) is 6.35. The Morgan fingerprint density at radius 2 is 2.00 bits per heavy atom. The van der Waals surface area contributed by atoms with Crippen molar-refractivity contribution in [2.75, 3.05) is 0 Å². The van der Waals surface area contributed by atoms with Gasteiger partial charge in [-0.1, -0.05) is 0 Å². The Kier molecular flexibility index (Phi) is 2.44. The molecule has 1 aliphatic carbocycles. The first-order valence-electron chi connectivity index (χ1n) is 3.44. The van der Waals surface area contributed by atoms with Gasteiger partial charge in [-0.2, -0.15) is 0 Å². The quantitative estimate of drug-likeness (QED) is 0.474. The van der Waals surface area contributed by atoms with Gasteiger partial charge in [0.2, 0.25) is 0 Å². The highest BCUT2D eigenvalue weighted by molar-refractivity contribution is 6.03.